The molecule has 0 radical (unpaired) electrons. The Kier molecular flexibility index (Phi) is 33.8. The zero-order valence-electron chi connectivity index (χ0n) is 64.7. The number of pyridine rings is 1. The van der Waals surface area contributed by atoms with Crippen LogP contribution in [0.25, 0.3) is 11.3 Å². The highest BCUT2D eigenvalue weighted by molar-refractivity contribution is 7.98. The number of nitrogens with two attached hydrogens (primary N) is 2. The van der Waals surface area contributed by atoms with Gasteiger partial charge in [-0.2, -0.15) is 23.5 Å². The number of amides is 12. The van der Waals surface area contributed by atoms with Crippen LogP contribution in [-0.4, -0.2) is 203 Å². The van der Waals surface area contributed by atoms with Gasteiger partial charge in [0.05, 0.1) is 12.2 Å². The molecule has 3 aromatic rings. The zero-order valence-corrected chi connectivity index (χ0v) is 66.3. The minimum Gasteiger partial charge on any atom is -0.508 e. The van der Waals surface area contributed by atoms with Gasteiger partial charge < -0.3 is 100 Å². The van der Waals surface area contributed by atoms with E-state index in [4.69, 9.17) is 11.5 Å². The number of hydrogen-bond acceptors (Lipinski definition) is 20. The summed E-state index contributed by atoms with van der Waals surface area (Å²) in [4.78, 5) is 189. The highest BCUT2D eigenvalue weighted by Crippen LogP contribution is 2.28. The Morgan fingerprint density at radius 3 is 1.64 bits per heavy atom. The summed E-state index contributed by atoms with van der Waals surface area (Å²) in [6, 6.07) is 11.3. The number of thioether (sulfide) groups is 2. The van der Waals surface area contributed by atoms with Gasteiger partial charge in [0, 0.05) is 72.6 Å². The molecule has 32 nitrogen and oxygen atoms in total. The molecule has 2 heterocycles. The summed E-state index contributed by atoms with van der Waals surface area (Å²) in [6.07, 6.45) is -3.38. The Labute approximate surface area is 659 Å². The van der Waals surface area contributed by atoms with Crippen molar-refractivity contribution in [3.63, 3.8) is 0 Å². The number of aromatic amines is 1. The smallest absolute Gasteiger partial charge is 0.303 e. The van der Waals surface area contributed by atoms with Gasteiger partial charge >= 0.3 is 5.97 Å². The van der Waals surface area contributed by atoms with Crippen molar-refractivity contribution in [3.8, 4) is 22.8 Å². The van der Waals surface area contributed by atoms with Crippen molar-refractivity contribution in [1.82, 2.24) is 63.5 Å². The van der Waals surface area contributed by atoms with E-state index in [1.54, 1.807) is 65.1 Å². The van der Waals surface area contributed by atoms with Crippen LogP contribution in [0.4, 0.5) is 0 Å². The van der Waals surface area contributed by atoms with Crippen LogP contribution in [0.2, 0.25) is 0 Å². The summed E-state index contributed by atoms with van der Waals surface area (Å²) >= 11 is 2.67. The maximum atomic E-state index is 15.0. The van der Waals surface area contributed by atoms with Crippen LogP contribution in [0.5, 0.6) is 11.5 Å². The molecule has 0 fully saturated rings. The largest absolute Gasteiger partial charge is 0.508 e. The molecule has 2 bridgehead atoms. The molecule has 112 heavy (non-hydrogen) atoms. The number of rotatable bonds is 17. The molecule has 12 amide bonds. The van der Waals surface area contributed by atoms with Crippen molar-refractivity contribution in [2.45, 2.75) is 216 Å². The van der Waals surface area contributed by atoms with Crippen LogP contribution < -0.4 is 70.0 Å². The van der Waals surface area contributed by atoms with E-state index in [2.05, 4.69) is 63.5 Å². The number of carbonyl (C=O) groups is 13. The van der Waals surface area contributed by atoms with Gasteiger partial charge in [0.2, 0.25) is 70.9 Å². The first-order chi connectivity index (χ1) is 52.7. The lowest BCUT2D eigenvalue weighted by molar-refractivity contribution is -0.141. The molecule has 3 aromatic carbocycles. The molecule has 6 rings (SSSR count). The van der Waals surface area contributed by atoms with E-state index in [1.807, 2.05) is 24.3 Å². The number of phenolic OH excluding ortho intramolecular Hbond substituents is 2. The maximum Gasteiger partial charge on any atom is 0.303 e. The Morgan fingerprint density at radius 2 is 1.07 bits per heavy atom. The zero-order chi connectivity index (χ0) is 82.9. The third-order valence-electron chi connectivity index (χ3n) is 19.1. The van der Waals surface area contributed by atoms with Gasteiger partial charge in [-0.1, -0.05) is 95.3 Å². The van der Waals surface area contributed by atoms with Crippen LogP contribution in [0, 0.1) is 11.3 Å². The summed E-state index contributed by atoms with van der Waals surface area (Å²) < 4.78 is 0. The van der Waals surface area contributed by atoms with Crippen molar-refractivity contribution in [2.75, 3.05) is 18.1 Å². The lowest BCUT2D eigenvalue weighted by atomic mass is 9.85. The second-order valence-corrected chi connectivity index (χ2v) is 32.3. The second-order valence-electron chi connectivity index (χ2n) is 30.1. The molecule has 2 aliphatic heterocycles. The minimum absolute atomic E-state index is 0.0333. The number of aliphatic hydroxyl groups excluding tert-OH is 2. The number of unbranched alkanes of at least 4 members (excludes halogenated alkanes) is 1. The summed E-state index contributed by atoms with van der Waals surface area (Å²) in [7, 11) is 0. The van der Waals surface area contributed by atoms with E-state index in [1.165, 1.54) is 107 Å². The second kappa shape index (κ2) is 41.8. The van der Waals surface area contributed by atoms with Gasteiger partial charge in [-0.3, -0.25) is 62.3 Å². The number of aromatic nitrogens is 1. The molecule has 34 heteroatoms. The topological polar surface area (TPSA) is 523 Å². The van der Waals surface area contributed by atoms with E-state index < -0.39 is 179 Å². The number of nitrogens with one attached hydrogen (secondary N) is 12. The Balaban J connectivity index is 1.39. The molecular formula is C78H108N14O18S2. The molecule has 3 aliphatic rings. The Hall–Kier alpha value is -10.3. The number of aliphatic hydroxyl groups is 2. The average molecular weight is 1590 g/mol. The highest BCUT2D eigenvalue weighted by atomic mass is 32.2. The number of primary amides is 1. The molecule has 0 saturated carbocycles. The van der Waals surface area contributed by atoms with Crippen LogP contribution in [0.3, 0.4) is 0 Å². The first-order valence-corrected chi connectivity index (χ1v) is 39.3. The van der Waals surface area contributed by atoms with Crippen LogP contribution in [0.15, 0.2) is 103 Å². The van der Waals surface area contributed by atoms with E-state index in [9.17, 15) is 87.9 Å². The lowest BCUT2D eigenvalue weighted by Gasteiger charge is -2.36. The third-order valence-corrected chi connectivity index (χ3v) is 21.3. The Bertz CT molecular complexity index is 4080. The number of phenols is 2. The van der Waals surface area contributed by atoms with Gasteiger partial charge in [-0.25, -0.2) is 0 Å². The average Bonchev–Trinajstić information content (AvgIpc) is 1.04. The quantitative estimate of drug-likeness (QED) is 0.0582. The fraction of sp³-hybridized carbons (Fsp3) is 0.500. The fourth-order valence-electron chi connectivity index (χ4n) is 12.0. The Morgan fingerprint density at radius 1 is 0.554 bits per heavy atom. The number of hydrogen-bond donors (Lipinski definition) is 19. The number of carbonyl (C=O) groups excluding carboxylic acids is 12. The van der Waals surface area contributed by atoms with Crippen molar-refractivity contribution >= 4 is 100 Å². The predicted molar refractivity (Wildman–Crippen MR) is 421 cm³/mol. The van der Waals surface area contributed by atoms with E-state index in [0.29, 0.717) is 51.6 Å². The highest BCUT2D eigenvalue weighted by Gasteiger charge is 2.45. The minimum atomic E-state index is -2.06. The SMILES string of the molecule is CC(C)[C@]1(C)NC(=O)[C@H](Cc2ccc(O)cc2)NC(=O)[C@H](CCC(=O)O)NC(=O)C(C)(C)NC(=O)[C@H](Cc2ccc3[nH]cccc2-3)NC(=O)[C@H]([C@@H](C)O)NC(=O)[C@H](CCCCN)NC(=O)[C@H](Cc2ccc(O)cc2)NC(=O)[C@H](C(C)(C)C)NC(=O)CCSCc2cccc(c2)CSC[C@@H](C(N)=O)NC(=O)[C@H]([C@@H](C)O)NC1=O. The van der Waals surface area contributed by atoms with E-state index in [0.717, 1.165) is 11.1 Å². The number of benzene rings is 3. The van der Waals surface area contributed by atoms with Crippen LogP contribution in [-0.2, 0) is 93.1 Å². The molecule has 0 spiro atoms. The van der Waals surface area contributed by atoms with Crippen molar-refractivity contribution in [3.05, 3.63) is 131 Å². The lowest BCUT2D eigenvalue weighted by Crippen LogP contribution is -2.67. The van der Waals surface area contributed by atoms with Gasteiger partial charge in [0.25, 0.3) is 0 Å². The summed E-state index contributed by atoms with van der Waals surface area (Å²) in [5, 5.41) is 81.6. The summed E-state index contributed by atoms with van der Waals surface area (Å²) in [5.74, 6) is -12.9. The van der Waals surface area contributed by atoms with Crippen LogP contribution >= 0.6 is 23.5 Å². The van der Waals surface area contributed by atoms with E-state index >= 15 is 0 Å². The molecular weight excluding hydrogens is 1490 g/mol. The normalized spacial score (nSPS) is 24.2. The first-order valence-electron chi connectivity index (χ1n) is 37.0. The summed E-state index contributed by atoms with van der Waals surface area (Å²) in [6.45, 7) is 14.6. The molecule has 0 aromatic heterocycles. The van der Waals surface area contributed by atoms with Crippen molar-refractivity contribution in [1.29, 1.82) is 0 Å². The molecule has 0 saturated heterocycles. The van der Waals surface area contributed by atoms with Gasteiger partial charge in [0.1, 0.15) is 77.0 Å². The van der Waals surface area contributed by atoms with Gasteiger partial charge in [0.15, 0.2) is 0 Å². The number of aromatic hydroxyl groups is 2. The van der Waals surface area contributed by atoms with Gasteiger partial charge in [-0.05, 0) is 142 Å². The fourth-order valence-corrected chi connectivity index (χ4v) is 13.9. The van der Waals surface area contributed by atoms with E-state index in [-0.39, 0.29) is 62.3 Å². The molecule has 0 unspecified atom stereocenters. The number of H-pyrrole nitrogens is 1. The molecule has 610 valence electrons. The standard InChI is InChI=1S/C78H108N14O18S2/c1-42(2)78(10)75(110)90-63(44(4)94)72(107)86-59(65(80)100)41-112-40-48-16-13-15-47(35-48)39-111-34-31-60(97)88-64(76(5,6)7)73(108)85-56(36-45-19-24-50(95)25-20-45)68(103)82-54(18-11-12-32-79)67(102)89-62(43(3)93)71(106)84-58(38-49-23-28-53-52(49)17-14-33-81-53)69(104)91-77(8,9)74(109)87-55(29-30-61(98)99)66(101)83-57(70(105)92-78)37-46-21-26-51(96)27-22-46/h13-17,19-28,33,35,42-44,54-59,62-64,81,93-96H,11-12,18,29-32,34,36-41,79H2,1-10H3,(H2,80,100)(H,82,103)(H,83,101)(H,84,106)(H,85,108)(H,86,107)(H,87,109)(H,88,97)(H,89,102)(H,90,110)(H,91,104)(H,92,105)(H,98,99)/t43-,44-,54+,55+,56+,57+,58+,59+,62+,63+,64-,78+/m1/s1. The van der Waals surface area contributed by atoms with Crippen molar-refractivity contribution in [2.24, 2.45) is 22.8 Å². The maximum absolute atomic E-state index is 15.0. The number of aliphatic carboxylic acids is 1. The predicted octanol–water partition coefficient (Wildman–Crippen LogP) is 1.20. The third kappa shape index (κ3) is 27.3. The molecule has 21 N–H and O–H groups in total. The number of carboxylic acid groups (broad SMARTS) is 1. The van der Waals surface area contributed by atoms with Crippen molar-refractivity contribution < 1.29 is 87.9 Å². The number of carboxylic acids is 1. The molecule has 12 atom stereocenters. The van der Waals surface area contributed by atoms with Gasteiger partial charge in [-0.15, -0.1) is 0 Å². The molecule has 1 aliphatic carbocycles. The summed E-state index contributed by atoms with van der Waals surface area (Å²) in [5.41, 5.74) is 10.9. The number of fused-ring (bicyclic) bond motifs is 3. The first kappa shape index (κ1) is 90.6. The monoisotopic (exact) mass is 1590 g/mol. The van der Waals surface area contributed by atoms with Crippen LogP contribution in [0.1, 0.15) is 136 Å².